The average molecular weight is 242 g/mol. The Hall–Kier alpha value is -0.610. The summed E-state index contributed by atoms with van der Waals surface area (Å²) >= 11 is 0. The van der Waals surface area contributed by atoms with E-state index in [0.717, 1.165) is 6.54 Å². The number of carbonyl (C=O) groups is 1. The maximum absolute atomic E-state index is 11.4. The van der Waals surface area contributed by atoms with Gasteiger partial charge in [-0.25, -0.2) is 0 Å². The molecule has 0 aliphatic carbocycles. The molecule has 0 aromatic carbocycles. The fourth-order valence-electron chi connectivity index (χ4n) is 2.16. The minimum atomic E-state index is -0.162. The molecule has 0 spiro atoms. The van der Waals surface area contributed by atoms with E-state index in [1.807, 2.05) is 13.8 Å². The van der Waals surface area contributed by atoms with Gasteiger partial charge in [0, 0.05) is 12.6 Å². The van der Waals surface area contributed by atoms with Gasteiger partial charge < -0.3 is 15.0 Å². The number of hydrogen-bond acceptors (Lipinski definition) is 4. The van der Waals surface area contributed by atoms with Crippen molar-refractivity contribution in [1.82, 2.24) is 10.2 Å². The van der Waals surface area contributed by atoms with Crippen LogP contribution in [0.3, 0.4) is 0 Å². The van der Waals surface area contributed by atoms with Crippen LogP contribution in [0.15, 0.2) is 0 Å². The summed E-state index contributed by atoms with van der Waals surface area (Å²) in [6, 6.07) is 0.341. The molecule has 1 unspecified atom stereocenters. The molecule has 1 rings (SSSR count). The monoisotopic (exact) mass is 242 g/mol. The van der Waals surface area contributed by atoms with Gasteiger partial charge in [0.1, 0.15) is 0 Å². The van der Waals surface area contributed by atoms with Crippen molar-refractivity contribution in [3.63, 3.8) is 0 Å². The summed E-state index contributed by atoms with van der Waals surface area (Å²) in [5.74, 6) is -0.162. The standard InChI is InChI=1S/C13H26N2O2/c1-11(2)17-13(16)9-14-12(3)10-15-7-5-4-6-8-15/h11-12,14H,4-10H2,1-3H3. The molecule has 0 bridgehead atoms. The fraction of sp³-hybridized carbons (Fsp3) is 0.923. The van der Waals surface area contributed by atoms with Gasteiger partial charge in [0.25, 0.3) is 0 Å². The maximum atomic E-state index is 11.4. The predicted molar refractivity (Wildman–Crippen MR) is 69.0 cm³/mol. The number of nitrogens with zero attached hydrogens (tertiary/aromatic N) is 1. The third-order valence-electron chi connectivity index (χ3n) is 2.94. The summed E-state index contributed by atoms with van der Waals surface area (Å²) in [5.41, 5.74) is 0. The van der Waals surface area contributed by atoms with Crippen LogP contribution in [0, 0.1) is 0 Å². The van der Waals surface area contributed by atoms with Gasteiger partial charge in [-0.3, -0.25) is 4.79 Å². The molecule has 0 saturated carbocycles. The first-order valence-corrected chi connectivity index (χ1v) is 6.73. The van der Waals surface area contributed by atoms with Crippen LogP contribution in [0.5, 0.6) is 0 Å². The molecule has 1 saturated heterocycles. The molecule has 1 aliphatic rings. The zero-order chi connectivity index (χ0) is 12.7. The summed E-state index contributed by atoms with van der Waals surface area (Å²) in [7, 11) is 0. The van der Waals surface area contributed by atoms with Gasteiger partial charge in [0.2, 0.25) is 0 Å². The number of nitrogens with one attached hydrogen (secondary N) is 1. The lowest BCUT2D eigenvalue weighted by Crippen LogP contribution is -2.43. The van der Waals surface area contributed by atoms with E-state index in [2.05, 4.69) is 17.1 Å². The molecule has 4 nitrogen and oxygen atoms in total. The van der Waals surface area contributed by atoms with E-state index in [0.29, 0.717) is 12.6 Å². The molecule has 0 aromatic heterocycles. The summed E-state index contributed by atoms with van der Waals surface area (Å²) < 4.78 is 5.08. The molecule has 17 heavy (non-hydrogen) atoms. The number of ether oxygens (including phenoxy) is 1. The van der Waals surface area contributed by atoms with E-state index in [-0.39, 0.29) is 12.1 Å². The lowest BCUT2D eigenvalue weighted by molar-refractivity contribution is -0.146. The first-order valence-electron chi connectivity index (χ1n) is 6.73. The topological polar surface area (TPSA) is 41.6 Å². The lowest BCUT2D eigenvalue weighted by atomic mass is 10.1. The lowest BCUT2D eigenvalue weighted by Gasteiger charge is -2.29. The number of rotatable bonds is 6. The Morgan fingerprint density at radius 3 is 2.47 bits per heavy atom. The molecular formula is C13H26N2O2. The minimum absolute atomic E-state index is 0.0262. The molecule has 100 valence electrons. The number of piperidine rings is 1. The first-order chi connectivity index (χ1) is 8.08. The van der Waals surface area contributed by atoms with Gasteiger partial charge >= 0.3 is 5.97 Å². The number of likely N-dealkylation sites (tertiary alicyclic amines) is 1. The van der Waals surface area contributed by atoms with Crippen molar-refractivity contribution in [3.05, 3.63) is 0 Å². The summed E-state index contributed by atoms with van der Waals surface area (Å²) in [6.07, 6.45) is 3.95. The van der Waals surface area contributed by atoms with Crippen molar-refractivity contribution >= 4 is 5.97 Å². The van der Waals surface area contributed by atoms with Gasteiger partial charge in [-0.1, -0.05) is 6.42 Å². The molecule has 0 amide bonds. The molecule has 0 aromatic rings. The number of carbonyl (C=O) groups excluding carboxylic acids is 1. The Morgan fingerprint density at radius 2 is 1.88 bits per heavy atom. The molecule has 1 heterocycles. The van der Waals surface area contributed by atoms with Crippen molar-refractivity contribution in [2.75, 3.05) is 26.2 Å². The van der Waals surface area contributed by atoms with Gasteiger partial charge in [0.05, 0.1) is 12.6 Å². The van der Waals surface area contributed by atoms with Crippen LogP contribution in [-0.2, 0) is 9.53 Å². The highest BCUT2D eigenvalue weighted by molar-refractivity contribution is 5.71. The largest absolute Gasteiger partial charge is 0.462 e. The Balaban J connectivity index is 2.11. The summed E-state index contributed by atoms with van der Waals surface area (Å²) in [4.78, 5) is 13.8. The summed E-state index contributed by atoms with van der Waals surface area (Å²) in [5, 5.41) is 3.22. The van der Waals surface area contributed by atoms with Crippen LogP contribution < -0.4 is 5.32 Å². The van der Waals surface area contributed by atoms with Crippen molar-refractivity contribution in [2.24, 2.45) is 0 Å². The van der Waals surface area contributed by atoms with Gasteiger partial charge in [-0.2, -0.15) is 0 Å². The van der Waals surface area contributed by atoms with E-state index in [9.17, 15) is 4.79 Å². The van der Waals surface area contributed by atoms with Gasteiger partial charge in [0.15, 0.2) is 0 Å². The van der Waals surface area contributed by atoms with Crippen LogP contribution >= 0.6 is 0 Å². The Kier molecular flexibility index (Phi) is 6.52. The smallest absolute Gasteiger partial charge is 0.320 e. The second-order valence-electron chi connectivity index (χ2n) is 5.18. The van der Waals surface area contributed by atoms with E-state index in [1.54, 1.807) is 0 Å². The van der Waals surface area contributed by atoms with E-state index < -0.39 is 0 Å². The highest BCUT2D eigenvalue weighted by Gasteiger charge is 2.14. The number of hydrogen-bond donors (Lipinski definition) is 1. The van der Waals surface area contributed by atoms with Crippen LogP contribution in [0.25, 0.3) is 0 Å². The molecule has 4 heteroatoms. The Labute approximate surface area is 105 Å². The Morgan fingerprint density at radius 1 is 1.24 bits per heavy atom. The molecule has 0 radical (unpaired) electrons. The minimum Gasteiger partial charge on any atom is -0.462 e. The average Bonchev–Trinajstić information content (AvgIpc) is 2.27. The van der Waals surface area contributed by atoms with Gasteiger partial charge in [-0.05, 0) is 46.7 Å². The van der Waals surface area contributed by atoms with Crippen molar-refractivity contribution in [3.8, 4) is 0 Å². The fourth-order valence-corrected chi connectivity index (χ4v) is 2.16. The molecule has 1 fully saturated rings. The molecule has 1 atom stereocenters. The predicted octanol–water partition coefficient (Wildman–Crippen LogP) is 1.40. The third-order valence-corrected chi connectivity index (χ3v) is 2.94. The van der Waals surface area contributed by atoms with Crippen molar-refractivity contribution in [1.29, 1.82) is 0 Å². The molecule has 1 N–H and O–H groups in total. The van der Waals surface area contributed by atoms with Crippen LogP contribution in [-0.4, -0.2) is 49.2 Å². The van der Waals surface area contributed by atoms with Crippen molar-refractivity contribution in [2.45, 2.75) is 52.2 Å². The van der Waals surface area contributed by atoms with E-state index >= 15 is 0 Å². The third kappa shape index (κ3) is 6.64. The second kappa shape index (κ2) is 7.67. The normalized spacial score (nSPS) is 19.3. The second-order valence-corrected chi connectivity index (χ2v) is 5.18. The molecular weight excluding hydrogens is 216 g/mol. The van der Waals surface area contributed by atoms with E-state index in [1.165, 1.54) is 32.4 Å². The van der Waals surface area contributed by atoms with Crippen LogP contribution in [0.1, 0.15) is 40.0 Å². The SMILES string of the molecule is CC(CN1CCCCC1)NCC(=O)OC(C)C. The zero-order valence-electron chi connectivity index (χ0n) is 11.4. The van der Waals surface area contributed by atoms with Crippen LogP contribution in [0.2, 0.25) is 0 Å². The quantitative estimate of drug-likeness (QED) is 0.715. The first kappa shape index (κ1) is 14.5. The van der Waals surface area contributed by atoms with Gasteiger partial charge in [-0.15, -0.1) is 0 Å². The van der Waals surface area contributed by atoms with Crippen molar-refractivity contribution < 1.29 is 9.53 Å². The summed E-state index contributed by atoms with van der Waals surface area (Å²) in [6.45, 7) is 9.59. The Bertz CT molecular complexity index is 225. The highest BCUT2D eigenvalue weighted by Crippen LogP contribution is 2.08. The number of esters is 1. The highest BCUT2D eigenvalue weighted by atomic mass is 16.5. The molecule has 1 aliphatic heterocycles. The maximum Gasteiger partial charge on any atom is 0.320 e. The zero-order valence-corrected chi connectivity index (χ0v) is 11.4. The van der Waals surface area contributed by atoms with Crippen LogP contribution in [0.4, 0.5) is 0 Å². The van der Waals surface area contributed by atoms with E-state index in [4.69, 9.17) is 4.74 Å².